The lowest BCUT2D eigenvalue weighted by Crippen LogP contribution is -2.49. The normalized spacial score (nSPS) is 13.5. The molecule has 2 amide bonds. The zero-order valence-electron chi connectivity index (χ0n) is 20.6. The highest BCUT2D eigenvalue weighted by molar-refractivity contribution is 7.17. The van der Waals surface area contributed by atoms with Gasteiger partial charge in [-0.05, 0) is 37.1 Å². The number of aromatic nitrogens is 2. The van der Waals surface area contributed by atoms with E-state index in [1.165, 1.54) is 48.7 Å². The number of hydrogen-bond donors (Lipinski definition) is 2. The van der Waals surface area contributed by atoms with Crippen LogP contribution >= 0.6 is 9.24 Å². The average Bonchev–Trinajstić information content (AvgIpc) is 3.24. The van der Waals surface area contributed by atoms with Crippen LogP contribution in [-0.4, -0.2) is 54.5 Å². The van der Waals surface area contributed by atoms with Crippen molar-refractivity contribution in [2.75, 3.05) is 20.8 Å². The molecule has 2 atom stereocenters. The summed E-state index contributed by atoms with van der Waals surface area (Å²) in [7, 11) is 5.19. The Balaban J connectivity index is 2.50. The third-order valence-corrected chi connectivity index (χ3v) is 5.45. The molecule has 36 heavy (non-hydrogen) atoms. The van der Waals surface area contributed by atoms with Gasteiger partial charge in [0.15, 0.2) is 0 Å². The molecule has 0 aliphatic rings. The predicted molar refractivity (Wildman–Crippen MR) is 132 cm³/mol. The summed E-state index contributed by atoms with van der Waals surface area (Å²) < 4.78 is 52.3. The van der Waals surface area contributed by atoms with Gasteiger partial charge in [-0.1, -0.05) is 28.3 Å². The Labute approximate surface area is 209 Å². The van der Waals surface area contributed by atoms with Gasteiger partial charge in [-0.3, -0.25) is 9.48 Å². The zero-order valence-corrected chi connectivity index (χ0v) is 21.7. The molecule has 196 valence electrons. The van der Waals surface area contributed by atoms with Gasteiger partial charge in [-0.25, -0.2) is 14.2 Å². The number of alkyl carbamates (subject to hydrolysis) is 1. The Morgan fingerprint density at radius 2 is 1.94 bits per heavy atom. The number of rotatable bonds is 9. The van der Waals surface area contributed by atoms with Gasteiger partial charge in [0.2, 0.25) is 5.90 Å². The number of methoxy groups -OCH3 is 2. The van der Waals surface area contributed by atoms with Crippen LogP contribution < -0.4 is 10.6 Å². The van der Waals surface area contributed by atoms with Crippen molar-refractivity contribution in [2.24, 2.45) is 12.0 Å². The third kappa shape index (κ3) is 7.55. The lowest BCUT2D eigenvalue weighted by atomic mass is 10.1. The van der Waals surface area contributed by atoms with E-state index in [0.29, 0.717) is 17.7 Å². The number of amides is 2. The van der Waals surface area contributed by atoms with Crippen LogP contribution in [0.5, 0.6) is 0 Å². The number of ether oxygens (including phenoxy) is 2. The quantitative estimate of drug-likeness (QED) is 0.293. The smallest absolute Gasteiger partial charge is 0.406 e. The standard InChI is InChI=1S/C23H29F3N5O4P/c1-6-13(2)19(14-8-7-9-15(24)10-14)29-21(34-4)16(12-27-22(33)35-5)28-20(32)17-11-18(23(25,26)36)30-31(17)3/h7-11,16H,6,12,36H2,1-5H3,(H,27,33)(H,28,32). The molecule has 1 aromatic heterocycles. The van der Waals surface area contributed by atoms with Gasteiger partial charge in [0, 0.05) is 12.6 Å². The molecule has 0 bridgehead atoms. The summed E-state index contributed by atoms with van der Waals surface area (Å²) in [6, 6.07) is 5.73. The summed E-state index contributed by atoms with van der Waals surface area (Å²) in [5, 5.41) is 8.76. The molecule has 0 spiro atoms. The van der Waals surface area contributed by atoms with Gasteiger partial charge in [-0.2, -0.15) is 13.9 Å². The molecule has 2 N–H and O–H groups in total. The van der Waals surface area contributed by atoms with Gasteiger partial charge >= 0.3 is 11.8 Å². The molecule has 0 saturated carbocycles. The molecule has 1 heterocycles. The predicted octanol–water partition coefficient (Wildman–Crippen LogP) is 3.82. The van der Waals surface area contributed by atoms with Crippen LogP contribution in [0.3, 0.4) is 0 Å². The van der Waals surface area contributed by atoms with Crippen LogP contribution in [0.1, 0.15) is 42.0 Å². The summed E-state index contributed by atoms with van der Waals surface area (Å²) in [5.74, 6) is -1.25. The molecule has 13 heteroatoms. The van der Waals surface area contributed by atoms with Crippen LogP contribution in [0.2, 0.25) is 0 Å². The summed E-state index contributed by atoms with van der Waals surface area (Å²) in [4.78, 5) is 29.3. The molecule has 0 radical (unpaired) electrons. The molecule has 2 unspecified atom stereocenters. The summed E-state index contributed by atoms with van der Waals surface area (Å²) in [6.07, 6.45) is -0.189. The van der Waals surface area contributed by atoms with Gasteiger partial charge in [0.05, 0.1) is 26.5 Å². The van der Waals surface area contributed by atoms with E-state index in [-0.39, 0.29) is 18.1 Å². The molecule has 0 aliphatic heterocycles. The number of benzene rings is 1. The molecule has 0 fully saturated rings. The Bertz CT molecular complexity index is 1160. The SMILES string of the molecule is CCC(C)=C(N=C(OC)C(CNC(=O)OC)NC(=O)c1cc(C(F)(F)P)nn1C)c1cccc(F)c1. The van der Waals surface area contributed by atoms with E-state index in [4.69, 9.17) is 4.74 Å². The molecule has 2 aromatic rings. The minimum atomic E-state index is -3.33. The van der Waals surface area contributed by atoms with E-state index in [1.54, 1.807) is 6.07 Å². The van der Waals surface area contributed by atoms with Crippen molar-refractivity contribution >= 4 is 32.8 Å². The minimum absolute atomic E-state index is 0.0226. The third-order valence-electron chi connectivity index (χ3n) is 5.16. The summed E-state index contributed by atoms with van der Waals surface area (Å²) in [5.41, 5.74) is -2.40. The number of allylic oxidation sites excluding steroid dienone is 1. The first-order chi connectivity index (χ1) is 16.9. The van der Waals surface area contributed by atoms with Crippen molar-refractivity contribution in [1.29, 1.82) is 0 Å². The molecular weight excluding hydrogens is 498 g/mol. The number of nitrogens with zero attached hydrogens (tertiary/aromatic N) is 3. The number of alkyl halides is 2. The number of nitrogens with one attached hydrogen (secondary N) is 2. The van der Waals surface area contributed by atoms with Crippen LogP contribution in [0, 0.1) is 5.82 Å². The second kappa shape index (κ2) is 12.5. The first-order valence-corrected chi connectivity index (χ1v) is 11.4. The van der Waals surface area contributed by atoms with Gasteiger partial charge in [0.1, 0.15) is 23.2 Å². The highest BCUT2D eigenvalue weighted by Gasteiger charge is 2.31. The average molecular weight is 527 g/mol. The molecule has 9 nitrogen and oxygen atoms in total. The van der Waals surface area contributed by atoms with E-state index < -0.39 is 35.2 Å². The van der Waals surface area contributed by atoms with Crippen molar-refractivity contribution in [3.8, 4) is 0 Å². The molecule has 2 rings (SSSR count). The van der Waals surface area contributed by atoms with Crippen molar-refractivity contribution in [1.82, 2.24) is 20.4 Å². The van der Waals surface area contributed by atoms with E-state index in [1.807, 2.05) is 13.8 Å². The maximum absolute atomic E-state index is 13.9. The number of hydrogen-bond acceptors (Lipinski definition) is 6. The highest BCUT2D eigenvalue weighted by atomic mass is 31.0. The largest absolute Gasteiger partial charge is 0.483 e. The van der Waals surface area contributed by atoms with Crippen molar-refractivity contribution in [3.05, 3.63) is 58.7 Å². The number of aryl methyl sites for hydroxylation is 1. The van der Waals surface area contributed by atoms with Crippen LogP contribution in [-0.2, 0) is 22.2 Å². The topological polar surface area (TPSA) is 107 Å². The van der Waals surface area contributed by atoms with E-state index in [0.717, 1.165) is 16.3 Å². The van der Waals surface area contributed by atoms with Gasteiger partial charge < -0.3 is 20.1 Å². The minimum Gasteiger partial charge on any atom is -0.483 e. The number of carbonyl (C=O) groups is 2. The number of aliphatic imine (C=N–C) groups is 1. The first-order valence-electron chi connectivity index (χ1n) is 10.8. The molecule has 1 aromatic carbocycles. The summed E-state index contributed by atoms with van der Waals surface area (Å²) in [6.45, 7) is 3.51. The second-order valence-electron chi connectivity index (χ2n) is 7.71. The van der Waals surface area contributed by atoms with Crippen molar-refractivity contribution in [3.63, 3.8) is 0 Å². The Morgan fingerprint density at radius 1 is 1.25 bits per heavy atom. The lowest BCUT2D eigenvalue weighted by Gasteiger charge is -2.21. The lowest BCUT2D eigenvalue weighted by molar-refractivity contribution is 0.0931. The first kappa shape index (κ1) is 28.8. The van der Waals surface area contributed by atoms with Crippen molar-refractivity contribution < 1.29 is 32.2 Å². The maximum Gasteiger partial charge on any atom is 0.406 e. The van der Waals surface area contributed by atoms with E-state index in [2.05, 4.69) is 25.5 Å². The fourth-order valence-corrected chi connectivity index (χ4v) is 3.26. The fraction of sp³-hybridized carbons (Fsp3) is 0.391. The maximum atomic E-state index is 13.9. The Morgan fingerprint density at radius 3 is 2.47 bits per heavy atom. The Hall–Kier alpha value is -3.40. The van der Waals surface area contributed by atoms with E-state index >= 15 is 0 Å². The van der Waals surface area contributed by atoms with Crippen LogP contribution in [0.15, 0.2) is 40.9 Å². The fourth-order valence-electron chi connectivity index (χ4n) is 3.12. The zero-order chi connectivity index (χ0) is 27.0. The molecule has 0 saturated heterocycles. The highest BCUT2D eigenvalue weighted by Crippen LogP contribution is 2.34. The number of halogens is 3. The van der Waals surface area contributed by atoms with Gasteiger partial charge in [-0.15, -0.1) is 0 Å². The van der Waals surface area contributed by atoms with Crippen LogP contribution in [0.25, 0.3) is 5.70 Å². The molecular formula is C23H29F3N5O4P. The number of carbonyl (C=O) groups excluding carboxylic acids is 2. The monoisotopic (exact) mass is 527 g/mol. The second-order valence-corrected chi connectivity index (χ2v) is 8.43. The summed E-state index contributed by atoms with van der Waals surface area (Å²) >= 11 is 0. The van der Waals surface area contributed by atoms with Crippen molar-refractivity contribution in [2.45, 2.75) is 32.0 Å². The Kier molecular flexibility index (Phi) is 10.0. The van der Waals surface area contributed by atoms with Gasteiger partial charge in [0.25, 0.3) is 5.91 Å². The van der Waals surface area contributed by atoms with Crippen LogP contribution in [0.4, 0.5) is 18.0 Å². The molecule has 0 aliphatic carbocycles. The van der Waals surface area contributed by atoms with E-state index in [9.17, 15) is 22.8 Å².